The minimum absolute atomic E-state index is 0.0592. The number of amides is 2. The molecular formula is C19H25N5O3. The molecule has 144 valence electrons. The predicted octanol–water partition coefficient (Wildman–Crippen LogP) is 1.55. The van der Waals surface area contributed by atoms with E-state index in [2.05, 4.69) is 25.7 Å². The van der Waals surface area contributed by atoms with Crippen LogP contribution in [0.25, 0.3) is 0 Å². The normalized spacial score (nSPS) is 14.9. The van der Waals surface area contributed by atoms with Crippen LogP contribution in [0.2, 0.25) is 0 Å². The highest BCUT2D eigenvalue weighted by Crippen LogP contribution is 2.24. The van der Waals surface area contributed by atoms with Crippen LogP contribution >= 0.6 is 0 Å². The smallest absolute Gasteiger partial charge is 0.271 e. The van der Waals surface area contributed by atoms with E-state index in [1.165, 1.54) is 0 Å². The molecule has 0 aliphatic carbocycles. The summed E-state index contributed by atoms with van der Waals surface area (Å²) in [6.45, 7) is 3.24. The topological polar surface area (TPSA) is 99.3 Å². The number of benzene rings is 1. The number of carbonyl (C=O) groups is 2. The third-order valence-electron chi connectivity index (χ3n) is 4.89. The lowest BCUT2D eigenvalue weighted by molar-refractivity contribution is -0.121. The minimum Gasteiger partial charge on any atom is -0.497 e. The number of anilines is 1. The van der Waals surface area contributed by atoms with E-state index in [1.54, 1.807) is 14.2 Å². The number of ether oxygens (including phenoxy) is 1. The second-order valence-electron chi connectivity index (χ2n) is 6.47. The van der Waals surface area contributed by atoms with E-state index in [1.807, 2.05) is 31.2 Å². The van der Waals surface area contributed by atoms with Crippen LogP contribution in [0.4, 0.5) is 5.69 Å². The number of hydrogen-bond donors (Lipinski definition) is 3. The van der Waals surface area contributed by atoms with E-state index in [4.69, 9.17) is 4.74 Å². The molecule has 2 heterocycles. The van der Waals surface area contributed by atoms with Crippen molar-refractivity contribution in [2.45, 2.75) is 32.4 Å². The second kappa shape index (κ2) is 8.22. The van der Waals surface area contributed by atoms with Crippen molar-refractivity contribution in [2.24, 2.45) is 0 Å². The average molecular weight is 371 g/mol. The Kier molecular flexibility index (Phi) is 5.75. The van der Waals surface area contributed by atoms with E-state index in [0.717, 1.165) is 35.7 Å². The predicted molar refractivity (Wildman–Crippen MR) is 102 cm³/mol. The first-order chi connectivity index (χ1) is 13.1. The number of aromatic amines is 1. The molecule has 2 aromatic rings. The third-order valence-corrected chi connectivity index (χ3v) is 4.89. The van der Waals surface area contributed by atoms with Crippen LogP contribution in [-0.2, 0) is 17.8 Å². The second-order valence-corrected chi connectivity index (χ2v) is 6.47. The number of rotatable bonds is 6. The molecule has 0 spiro atoms. The Bertz CT molecular complexity index is 815. The maximum atomic E-state index is 12.8. The molecule has 0 saturated heterocycles. The lowest BCUT2D eigenvalue weighted by Gasteiger charge is -2.33. The molecule has 2 amide bonds. The fourth-order valence-electron chi connectivity index (χ4n) is 3.40. The Morgan fingerprint density at radius 1 is 1.33 bits per heavy atom. The quantitative estimate of drug-likeness (QED) is 0.716. The fraction of sp³-hybridized carbons (Fsp3) is 0.421. The van der Waals surface area contributed by atoms with Crippen LogP contribution in [0, 0.1) is 0 Å². The molecule has 8 nitrogen and oxygen atoms in total. The number of hydrogen-bond acceptors (Lipinski definition) is 5. The summed E-state index contributed by atoms with van der Waals surface area (Å²) in [5, 5.41) is 12.7. The molecule has 3 rings (SSSR count). The molecule has 0 bridgehead atoms. The Balaban J connectivity index is 1.72. The Morgan fingerprint density at radius 3 is 2.70 bits per heavy atom. The first-order valence-corrected chi connectivity index (χ1v) is 9.04. The maximum absolute atomic E-state index is 12.8. The van der Waals surface area contributed by atoms with Crippen molar-refractivity contribution < 1.29 is 14.3 Å². The fourth-order valence-corrected chi connectivity index (χ4v) is 3.40. The molecule has 1 atom stereocenters. The summed E-state index contributed by atoms with van der Waals surface area (Å²) in [5.41, 5.74) is 2.97. The minimum atomic E-state index is -0.285. The van der Waals surface area contributed by atoms with Gasteiger partial charge in [-0.1, -0.05) is 6.92 Å². The number of nitrogens with zero attached hydrogens (tertiary/aromatic N) is 2. The molecule has 27 heavy (non-hydrogen) atoms. The van der Waals surface area contributed by atoms with E-state index in [0.29, 0.717) is 18.7 Å². The Morgan fingerprint density at radius 2 is 2.07 bits per heavy atom. The van der Waals surface area contributed by atoms with Crippen LogP contribution in [0.5, 0.6) is 5.75 Å². The lowest BCUT2D eigenvalue weighted by atomic mass is 10.0. The molecule has 8 heteroatoms. The van der Waals surface area contributed by atoms with Gasteiger partial charge in [-0.05, 0) is 30.7 Å². The van der Waals surface area contributed by atoms with Gasteiger partial charge < -0.3 is 15.4 Å². The largest absolute Gasteiger partial charge is 0.497 e. The molecule has 0 fully saturated rings. The van der Waals surface area contributed by atoms with Crippen molar-refractivity contribution in [2.75, 3.05) is 26.0 Å². The van der Waals surface area contributed by atoms with Crippen LogP contribution in [0.1, 0.15) is 35.1 Å². The highest BCUT2D eigenvalue weighted by molar-refractivity contribution is 5.95. The summed E-state index contributed by atoms with van der Waals surface area (Å²) in [6, 6.07) is 6.97. The molecule has 0 radical (unpaired) electrons. The molecule has 1 aliphatic heterocycles. The van der Waals surface area contributed by atoms with E-state index >= 15 is 0 Å². The number of nitrogens with one attached hydrogen (secondary N) is 3. The number of aromatic nitrogens is 2. The van der Waals surface area contributed by atoms with Crippen molar-refractivity contribution in [3.63, 3.8) is 0 Å². The molecular weight excluding hydrogens is 346 g/mol. The molecule has 3 N–H and O–H groups in total. The van der Waals surface area contributed by atoms with Gasteiger partial charge >= 0.3 is 0 Å². The van der Waals surface area contributed by atoms with Crippen molar-refractivity contribution in [1.29, 1.82) is 0 Å². The van der Waals surface area contributed by atoms with Gasteiger partial charge in [0.2, 0.25) is 5.91 Å². The number of methoxy groups -OCH3 is 1. The number of carbonyl (C=O) groups excluding carboxylic acids is 2. The summed E-state index contributed by atoms with van der Waals surface area (Å²) >= 11 is 0. The maximum Gasteiger partial charge on any atom is 0.271 e. The standard InChI is InChI=1S/C19H25N5O3/c1-4-16(18(25)21-12-5-7-13(27-3)8-6-12)24-10-9-15-14(11-24)17(23-22-15)19(26)20-2/h5-8,16H,4,9-11H2,1-3H3,(H,20,26)(H,21,25)(H,22,23)/t16-/m1/s1. The zero-order valence-corrected chi connectivity index (χ0v) is 15.8. The summed E-state index contributed by atoms with van der Waals surface area (Å²) < 4.78 is 5.14. The van der Waals surface area contributed by atoms with Gasteiger partial charge in [0, 0.05) is 43.5 Å². The van der Waals surface area contributed by atoms with Gasteiger partial charge in [-0.15, -0.1) is 0 Å². The van der Waals surface area contributed by atoms with Crippen molar-refractivity contribution in [3.8, 4) is 5.75 Å². The zero-order valence-electron chi connectivity index (χ0n) is 15.8. The first kappa shape index (κ1) is 18.9. The zero-order chi connectivity index (χ0) is 19.4. The summed E-state index contributed by atoms with van der Waals surface area (Å²) in [7, 11) is 3.19. The monoisotopic (exact) mass is 371 g/mol. The molecule has 0 saturated carbocycles. The summed E-state index contributed by atoms with van der Waals surface area (Å²) in [6.07, 6.45) is 1.40. The summed E-state index contributed by atoms with van der Waals surface area (Å²) in [4.78, 5) is 27.0. The van der Waals surface area contributed by atoms with Gasteiger partial charge in [0.1, 0.15) is 5.75 Å². The van der Waals surface area contributed by atoms with Crippen molar-refractivity contribution >= 4 is 17.5 Å². The van der Waals surface area contributed by atoms with Gasteiger partial charge in [-0.25, -0.2) is 0 Å². The van der Waals surface area contributed by atoms with Crippen LogP contribution in [0.15, 0.2) is 24.3 Å². The first-order valence-electron chi connectivity index (χ1n) is 9.04. The average Bonchev–Trinajstić information content (AvgIpc) is 3.12. The van der Waals surface area contributed by atoms with Gasteiger partial charge in [-0.2, -0.15) is 5.10 Å². The van der Waals surface area contributed by atoms with Crippen LogP contribution in [0.3, 0.4) is 0 Å². The van der Waals surface area contributed by atoms with Crippen LogP contribution in [-0.4, -0.2) is 53.7 Å². The number of H-pyrrole nitrogens is 1. The van der Waals surface area contributed by atoms with Gasteiger partial charge in [0.25, 0.3) is 5.91 Å². The van der Waals surface area contributed by atoms with Crippen LogP contribution < -0.4 is 15.4 Å². The van der Waals surface area contributed by atoms with E-state index < -0.39 is 0 Å². The highest BCUT2D eigenvalue weighted by Gasteiger charge is 2.31. The summed E-state index contributed by atoms with van der Waals surface area (Å²) in [5.74, 6) is 0.464. The third kappa shape index (κ3) is 3.95. The number of fused-ring (bicyclic) bond motifs is 1. The van der Waals surface area contributed by atoms with Gasteiger partial charge in [0.05, 0.1) is 13.2 Å². The molecule has 0 unspecified atom stereocenters. The molecule has 1 aliphatic rings. The van der Waals surface area contributed by atoms with Gasteiger partial charge in [0.15, 0.2) is 5.69 Å². The molecule has 1 aromatic heterocycles. The van der Waals surface area contributed by atoms with Crippen molar-refractivity contribution in [3.05, 3.63) is 41.2 Å². The van der Waals surface area contributed by atoms with E-state index in [9.17, 15) is 9.59 Å². The SMILES string of the molecule is CC[C@H](C(=O)Nc1ccc(OC)cc1)N1CCc2[nH]nc(C(=O)NC)c2C1. The lowest BCUT2D eigenvalue weighted by Crippen LogP contribution is -2.46. The van der Waals surface area contributed by atoms with Crippen molar-refractivity contribution in [1.82, 2.24) is 20.4 Å². The molecule has 1 aromatic carbocycles. The Hall–Kier alpha value is -2.87. The van der Waals surface area contributed by atoms with E-state index in [-0.39, 0.29) is 17.9 Å². The Labute approximate surface area is 158 Å². The highest BCUT2D eigenvalue weighted by atomic mass is 16.5. The van der Waals surface area contributed by atoms with Gasteiger partial charge in [-0.3, -0.25) is 19.6 Å².